The normalized spacial score (nSPS) is 12.4. The Kier molecular flexibility index (Phi) is 6.96. The molecule has 0 spiro atoms. The Morgan fingerprint density at radius 1 is 1.28 bits per heavy atom. The molecule has 2 aromatic rings. The number of halogens is 2. The molecule has 0 aliphatic carbocycles. The molecule has 0 bridgehead atoms. The fourth-order valence-corrected chi connectivity index (χ4v) is 2.84. The zero-order chi connectivity index (χ0) is 18.4. The maximum absolute atomic E-state index is 14.4. The molecule has 2 N–H and O–H groups in total. The number of aliphatic hydroxyl groups excluding tert-OH is 1. The second-order valence-corrected chi connectivity index (χ2v) is 6.18. The number of hydrogen-bond donors (Lipinski definition) is 2. The molecule has 4 nitrogen and oxygen atoms in total. The largest absolute Gasteiger partial charge is 0.381 e. The van der Waals surface area contributed by atoms with Gasteiger partial charge in [0.15, 0.2) is 5.82 Å². The second kappa shape index (κ2) is 8.97. The van der Waals surface area contributed by atoms with Crippen molar-refractivity contribution < 1.29 is 13.9 Å². The van der Waals surface area contributed by atoms with Gasteiger partial charge in [-0.1, -0.05) is 13.8 Å². The van der Waals surface area contributed by atoms with Gasteiger partial charge in [-0.2, -0.15) is 0 Å². The van der Waals surface area contributed by atoms with Crippen molar-refractivity contribution in [2.45, 2.75) is 46.2 Å². The molecule has 1 unspecified atom stereocenters. The SMILES string of the molecule is CCC(C)c1cc(CCNCO)nc(-c2cc(CF)ncc2F)c1C. The van der Waals surface area contributed by atoms with Crippen LogP contribution in [-0.2, 0) is 13.1 Å². The van der Waals surface area contributed by atoms with E-state index in [-0.39, 0.29) is 18.0 Å². The van der Waals surface area contributed by atoms with Crippen molar-refractivity contribution in [2.75, 3.05) is 13.3 Å². The van der Waals surface area contributed by atoms with E-state index in [0.29, 0.717) is 24.6 Å². The van der Waals surface area contributed by atoms with Crippen LogP contribution in [0.15, 0.2) is 18.3 Å². The third-order valence-corrected chi connectivity index (χ3v) is 4.48. The first kappa shape index (κ1) is 19.4. The highest BCUT2D eigenvalue weighted by atomic mass is 19.1. The van der Waals surface area contributed by atoms with Gasteiger partial charge in [0.05, 0.1) is 24.3 Å². The summed E-state index contributed by atoms with van der Waals surface area (Å²) < 4.78 is 27.3. The number of pyridine rings is 2. The minimum absolute atomic E-state index is 0.101. The Bertz CT molecular complexity index is 722. The van der Waals surface area contributed by atoms with E-state index < -0.39 is 12.5 Å². The predicted octanol–water partition coefficient (Wildman–Crippen LogP) is 3.66. The smallest absolute Gasteiger partial charge is 0.150 e. The van der Waals surface area contributed by atoms with Crippen molar-refractivity contribution in [3.63, 3.8) is 0 Å². The number of aromatic nitrogens is 2. The summed E-state index contributed by atoms with van der Waals surface area (Å²) >= 11 is 0. The van der Waals surface area contributed by atoms with Gasteiger partial charge >= 0.3 is 0 Å². The summed E-state index contributed by atoms with van der Waals surface area (Å²) in [6.45, 7) is 5.87. The topological polar surface area (TPSA) is 58.0 Å². The van der Waals surface area contributed by atoms with Crippen LogP contribution in [0.2, 0.25) is 0 Å². The highest BCUT2D eigenvalue weighted by Gasteiger charge is 2.18. The summed E-state index contributed by atoms with van der Waals surface area (Å²) in [5.41, 5.74) is 3.84. The molecule has 25 heavy (non-hydrogen) atoms. The van der Waals surface area contributed by atoms with E-state index in [9.17, 15) is 8.78 Å². The lowest BCUT2D eigenvalue weighted by atomic mass is 9.91. The summed E-state index contributed by atoms with van der Waals surface area (Å²) in [5, 5.41) is 11.7. The van der Waals surface area contributed by atoms with E-state index in [1.54, 1.807) is 0 Å². The second-order valence-electron chi connectivity index (χ2n) is 6.18. The fourth-order valence-electron chi connectivity index (χ4n) is 2.84. The van der Waals surface area contributed by atoms with Gasteiger partial charge in [0.2, 0.25) is 0 Å². The maximum atomic E-state index is 14.4. The molecule has 0 aliphatic rings. The number of alkyl halides is 1. The molecule has 0 amide bonds. The Morgan fingerprint density at radius 2 is 2.04 bits per heavy atom. The fraction of sp³-hybridized carbons (Fsp3) is 0.474. The molecule has 0 aromatic carbocycles. The molecular formula is C19H25F2N3O. The van der Waals surface area contributed by atoms with E-state index >= 15 is 0 Å². The highest BCUT2D eigenvalue weighted by molar-refractivity contribution is 5.65. The van der Waals surface area contributed by atoms with Crippen LogP contribution in [0, 0.1) is 12.7 Å². The van der Waals surface area contributed by atoms with Gasteiger partial charge in [0, 0.05) is 24.2 Å². The molecule has 6 heteroatoms. The molecule has 0 fully saturated rings. The van der Waals surface area contributed by atoms with Crippen LogP contribution in [0.4, 0.5) is 8.78 Å². The molecule has 2 aromatic heterocycles. The first-order valence-electron chi connectivity index (χ1n) is 8.54. The van der Waals surface area contributed by atoms with Crippen LogP contribution in [0.1, 0.15) is 48.7 Å². The molecular weight excluding hydrogens is 324 g/mol. The minimum Gasteiger partial charge on any atom is -0.381 e. The van der Waals surface area contributed by atoms with Crippen LogP contribution in [0.25, 0.3) is 11.3 Å². The van der Waals surface area contributed by atoms with Crippen molar-refractivity contribution in [1.82, 2.24) is 15.3 Å². The quantitative estimate of drug-likeness (QED) is 0.564. The highest BCUT2D eigenvalue weighted by Crippen LogP contribution is 2.32. The molecule has 1 atom stereocenters. The Labute approximate surface area is 147 Å². The number of aliphatic hydroxyl groups is 1. The number of rotatable bonds is 8. The van der Waals surface area contributed by atoms with Crippen molar-refractivity contribution in [2.24, 2.45) is 0 Å². The lowest BCUT2D eigenvalue weighted by molar-refractivity contribution is 0.262. The van der Waals surface area contributed by atoms with Gasteiger partial charge < -0.3 is 5.11 Å². The molecule has 2 rings (SSSR count). The van der Waals surface area contributed by atoms with Crippen molar-refractivity contribution >= 4 is 0 Å². The van der Waals surface area contributed by atoms with Gasteiger partial charge in [0.1, 0.15) is 6.67 Å². The monoisotopic (exact) mass is 349 g/mol. The van der Waals surface area contributed by atoms with Crippen LogP contribution >= 0.6 is 0 Å². The van der Waals surface area contributed by atoms with E-state index in [2.05, 4.69) is 29.1 Å². The Hall–Kier alpha value is -1.92. The summed E-state index contributed by atoms with van der Waals surface area (Å²) in [7, 11) is 0. The van der Waals surface area contributed by atoms with Crippen molar-refractivity contribution in [3.8, 4) is 11.3 Å². The van der Waals surface area contributed by atoms with Gasteiger partial charge in [-0.05, 0) is 42.5 Å². The summed E-state index contributed by atoms with van der Waals surface area (Å²) in [6, 6.07) is 3.47. The van der Waals surface area contributed by atoms with Crippen LogP contribution in [0.3, 0.4) is 0 Å². The number of nitrogens with zero attached hydrogens (tertiary/aromatic N) is 2. The molecule has 0 saturated heterocycles. The van der Waals surface area contributed by atoms with Crippen LogP contribution in [0.5, 0.6) is 0 Å². The van der Waals surface area contributed by atoms with E-state index in [1.807, 2.05) is 13.0 Å². The average molecular weight is 349 g/mol. The zero-order valence-electron chi connectivity index (χ0n) is 14.9. The molecule has 0 aliphatic heterocycles. The average Bonchev–Trinajstić information content (AvgIpc) is 2.63. The molecule has 0 radical (unpaired) electrons. The first-order chi connectivity index (χ1) is 12.0. The lowest BCUT2D eigenvalue weighted by Crippen LogP contribution is -2.18. The summed E-state index contributed by atoms with van der Waals surface area (Å²) in [6.07, 6.45) is 2.61. The summed E-state index contributed by atoms with van der Waals surface area (Å²) in [4.78, 5) is 8.37. The molecule has 0 saturated carbocycles. The van der Waals surface area contributed by atoms with Gasteiger partial charge in [0.25, 0.3) is 0 Å². The predicted molar refractivity (Wildman–Crippen MR) is 94.5 cm³/mol. The third-order valence-electron chi connectivity index (χ3n) is 4.48. The van der Waals surface area contributed by atoms with Gasteiger partial charge in [-0.25, -0.2) is 8.78 Å². The standard InChI is InChI=1S/C19H25F2N3O/c1-4-12(2)16-7-14(5-6-22-11-25)24-19(13(16)3)17-8-15(9-20)23-10-18(17)21/h7-8,10,12,22,25H,4-6,9,11H2,1-3H3. The maximum Gasteiger partial charge on any atom is 0.150 e. The van der Waals surface area contributed by atoms with Crippen molar-refractivity contribution in [1.29, 1.82) is 0 Å². The van der Waals surface area contributed by atoms with E-state index in [1.165, 1.54) is 6.07 Å². The van der Waals surface area contributed by atoms with E-state index in [0.717, 1.165) is 29.4 Å². The van der Waals surface area contributed by atoms with Crippen LogP contribution in [-0.4, -0.2) is 28.4 Å². The lowest BCUT2D eigenvalue weighted by Gasteiger charge is -2.18. The van der Waals surface area contributed by atoms with Gasteiger partial charge in [-0.15, -0.1) is 0 Å². The number of hydrogen-bond acceptors (Lipinski definition) is 4. The summed E-state index contributed by atoms with van der Waals surface area (Å²) in [5.74, 6) is -0.203. The third kappa shape index (κ3) is 4.58. The minimum atomic E-state index is -0.745. The Balaban J connectivity index is 2.57. The number of nitrogens with one attached hydrogen (secondary N) is 1. The van der Waals surface area contributed by atoms with Crippen molar-refractivity contribution in [3.05, 3.63) is 46.7 Å². The van der Waals surface area contributed by atoms with E-state index in [4.69, 9.17) is 5.11 Å². The zero-order valence-corrected chi connectivity index (χ0v) is 14.9. The van der Waals surface area contributed by atoms with Crippen LogP contribution < -0.4 is 5.32 Å². The van der Waals surface area contributed by atoms with Gasteiger partial charge in [-0.3, -0.25) is 15.3 Å². The Morgan fingerprint density at radius 3 is 2.68 bits per heavy atom. The molecule has 2 heterocycles. The first-order valence-corrected chi connectivity index (χ1v) is 8.54. The molecule has 136 valence electrons.